The summed E-state index contributed by atoms with van der Waals surface area (Å²) in [4.78, 5) is 7.17. The van der Waals surface area contributed by atoms with E-state index < -0.39 is 0 Å². The van der Waals surface area contributed by atoms with Gasteiger partial charge in [0.05, 0.1) is 11.7 Å². The number of fused-ring (bicyclic) bond motifs is 1. The molecule has 4 nitrogen and oxygen atoms in total. The van der Waals surface area contributed by atoms with Gasteiger partial charge in [0.15, 0.2) is 0 Å². The SMILES string of the molecule is CC(C)N1CCC(Cc2ncc3cc(CN)ccn23)C1. The monoisotopic (exact) mass is 272 g/mol. The molecule has 0 saturated carbocycles. The maximum absolute atomic E-state index is 5.69. The van der Waals surface area contributed by atoms with Crippen molar-refractivity contribution in [3.05, 3.63) is 35.9 Å². The summed E-state index contributed by atoms with van der Waals surface area (Å²) in [5.41, 5.74) is 8.01. The van der Waals surface area contributed by atoms with Crippen LogP contribution in [0.5, 0.6) is 0 Å². The number of hydrogen-bond donors (Lipinski definition) is 1. The molecule has 2 N–H and O–H groups in total. The molecule has 1 saturated heterocycles. The van der Waals surface area contributed by atoms with E-state index in [-0.39, 0.29) is 0 Å². The molecular weight excluding hydrogens is 248 g/mol. The van der Waals surface area contributed by atoms with Crippen LogP contribution < -0.4 is 5.73 Å². The molecule has 2 aromatic rings. The second-order valence-electron chi connectivity index (χ2n) is 6.16. The highest BCUT2D eigenvalue weighted by atomic mass is 15.2. The van der Waals surface area contributed by atoms with Gasteiger partial charge in [-0.05, 0) is 50.4 Å². The van der Waals surface area contributed by atoms with Crippen molar-refractivity contribution in [1.82, 2.24) is 14.3 Å². The normalized spacial score (nSPS) is 20.3. The Hall–Kier alpha value is -1.39. The predicted octanol–water partition coefficient (Wildman–Crippen LogP) is 2.07. The van der Waals surface area contributed by atoms with E-state index in [0.29, 0.717) is 12.6 Å². The van der Waals surface area contributed by atoms with Gasteiger partial charge in [0.2, 0.25) is 0 Å². The van der Waals surface area contributed by atoms with Crippen molar-refractivity contribution in [3.63, 3.8) is 0 Å². The van der Waals surface area contributed by atoms with Gasteiger partial charge in [0.1, 0.15) is 5.82 Å². The van der Waals surface area contributed by atoms with E-state index in [1.165, 1.54) is 25.3 Å². The number of nitrogens with two attached hydrogens (primary N) is 1. The first kappa shape index (κ1) is 13.6. The Labute approximate surface area is 120 Å². The Balaban J connectivity index is 1.75. The lowest BCUT2D eigenvalue weighted by Crippen LogP contribution is -2.28. The van der Waals surface area contributed by atoms with Crippen molar-refractivity contribution in [2.24, 2.45) is 11.7 Å². The number of likely N-dealkylation sites (tertiary alicyclic amines) is 1. The van der Waals surface area contributed by atoms with Crippen molar-refractivity contribution in [2.75, 3.05) is 13.1 Å². The summed E-state index contributed by atoms with van der Waals surface area (Å²) in [5.74, 6) is 1.91. The van der Waals surface area contributed by atoms with Gasteiger partial charge < -0.3 is 15.0 Å². The second-order valence-corrected chi connectivity index (χ2v) is 6.16. The van der Waals surface area contributed by atoms with Crippen molar-refractivity contribution in [3.8, 4) is 0 Å². The third kappa shape index (κ3) is 2.58. The fraction of sp³-hybridized carbons (Fsp3) is 0.562. The Morgan fingerprint density at radius 3 is 3.00 bits per heavy atom. The Morgan fingerprint density at radius 1 is 1.45 bits per heavy atom. The molecule has 0 aliphatic carbocycles. The largest absolute Gasteiger partial charge is 0.326 e. The Bertz CT molecular complexity index is 587. The topological polar surface area (TPSA) is 46.6 Å². The molecule has 0 bridgehead atoms. The van der Waals surface area contributed by atoms with Crippen molar-refractivity contribution in [1.29, 1.82) is 0 Å². The lowest BCUT2D eigenvalue weighted by atomic mass is 10.0. The number of nitrogens with zero attached hydrogens (tertiary/aromatic N) is 3. The zero-order chi connectivity index (χ0) is 14.1. The average Bonchev–Trinajstić information content (AvgIpc) is 3.06. The zero-order valence-electron chi connectivity index (χ0n) is 12.4. The molecule has 1 atom stereocenters. The van der Waals surface area contributed by atoms with Crippen molar-refractivity contribution in [2.45, 2.75) is 39.3 Å². The van der Waals surface area contributed by atoms with Gasteiger partial charge in [-0.25, -0.2) is 4.98 Å². The fourth-order valence-corrected chi connectivity index (χ4v) is 3.14. The van der Waals surface area contributed by atoms with E-state index in [1.54, 1.807) is 0 Å². The van der Waals surface area contributed by atoms with Crippen LogP contribution in [0, 0.1) is 5.92 Å². The molecule has 1 fully saturated rings. The lowest BCUT2D eigenvalue weighted by Gasteiger charge is -2.20. The molecule has 0 spiro atoms. The van der Waals surface area contributed by atoms with Crippen LogP contribution >= 0.6 is 0 Å². The quantitative estimate of drug-likeness (QED) is 0.927. The summed E-state index contributed by atoms with van der Waals surface area (Å²) < 4.78 is 2.21. The van der Waals surface area contributed by atoms with Gasteiger partial charge in [0, 0.05) is 31.7 Å². The highest BCUT2D eigenvalue weighted by molar-refractivity contribution is 5.48. The van der Waals surface area contributed by atoms with E-state index in [0.717, 1.165) is 23.4 Å². The van der Waals surface area contributed by atoms with Crippen LogP contribution in [-0.2, 0) is 13.0 Å². The maximum atomic E-state index is 5.69. The number of imidazole rings is 1. The molecule has 20 heavy (non-hydrogen) atoms. The van der Waals surface area contributed by atoms with E-state index >= 15 is 0 Å². The highest BCUT2D eigenvalue weighted by Crippen LogP contribution is 2.22. The highest BCUT2D eigenvalue weighted by Gasteiger charge is 2.25. The van der Waals surface area contributed by atoms with Crippen LogP contribution in [0.1, 0.15) is 31.7 Å². The molecular formula is C16H24N4. The summed E-state index contributed by atoms with van der Waals surface area (Å²) in [6, 6.07) is 4.88. The number of hydrogen-bond acceptors (Lipinski definition) is 3. The minimum absolute atomic E-state index is 0.586. The second kappa shape index (κ2) is 5.54. The van der Waals surface area contributed by atoms with E-state index in [9.17, 15) is 0 Å². The summed E-state index contributed by atoms with van der Waals surface area (Å²) in [6.07, 6.45) is 6.42. The Kier molecular flexibility index (Phi) is 3.76. The summed E-state index contributed by atoms with van der Waals surface area (Å²) in [6.45, 7) is 7.57. The third-order valence-electron chi connectivity index (χ3n) is 4.43. The van der Waals surface area contributed by atoms with Gasteiger partial charge in [-0.1, -0.05) is 0 Å². The molecule has 3 heterocycles. The van der Waals surface area contributed by atoms with Gasteiger partial charge >= 0.3 is 0 Å². The number of pyridine rings is 1. The molecule has 2 aromatic heterocycles. The summed E-state index contributed by atoms with van der Waals surface area (Å²) in [7, 11) is 0. The molecule has 1 aliphatic rings. The molecule has 1 unspecified atom stereocenters. The van der Waals surface area contributed by atoms with Crippen LogP contribution in [-0.4, -0.2) is 33.4 Å². The van der Waals surface area contributed by atoms with Gasteiger partial charge in [-0.15, -0.1) is 0 Å². The van der Waals surface area contributed by atoms with E-state index in [4.69, 9.17) is 5.73 Å². The molecule has 3 rings (SSSR count). The Morgan fingerprint density at radius 2 is 2.30 bits per heavy atom. The first-order valence-electron chi connectivity index (χ1n) is 7.56. The first-order chi connectivity index (χ1) is 9.67. The lowest BCUT2D eigenvalue weighted by molar-refractivity contribution is 0.264. The van der Waals surface area contributed by atoms with Crippen molar-refractivity contribution >= 4 is 5.52 Å². The van der Waals surface area contributed by atoms with Crippen molar-refractivity contribution < 1.29 is 0 Å². The van der Waals surface area contributed by atoms with Gasteiger partial charge in [-0.3, -0.25) is 0 Å². The standard InChI is InChI=1S/C16H24N4/c1-12(2)19-5-3-14(11-19)8-16-18-10-15-7-13(9-17)4-6-20(15)16/h4,6-7,10,12,14H,3,5,8-9,11,17H2,1-2H3. The molecule has 0 amide bonds. The maximum Gasteiger partial charge on any atom is 0.113 e. The minimum atomic E-state index is 0.586. The van der Waals surface area contributed by atoms with Gasteiger partial charge in [0.25, 0.3) is 0 Å². The first-order valence-corrected chi connectivity index (χ1v) is 7.56. The van der Waals surface area contributed by atoms with Crippen LogP contribution in [0.3, 0.4) is 0 Å². The van der Waals surface area contributed by atoms with Crippen LogP contribution in [0.25, 0.3) is 5.52 Å². The summed E-state index contributed by atoms with van der Waals surface area (Å²) >= 11 is 0. The van der Waals surface area contributed by atoms with Crippen LogP contribution in [0.15, 0.2) is 24.5 Å². The molecule has 0 radical (unpaired) electrons. The fourth-order valence-electron chi connectivity index (χ4n) is 3.14. The zero-order valence-corrected chi connectivity index (χ0v) is 12.4. The number of aromatic nitrogens is 2. The molecule has 108 valence electrons. The smallest absolute Gasteiger partial charge is 0.113 e. The predicted molar refractivity (Wildman–Crippen MR) is 81.6 cm³/mol. The molecule has 4 heteroatoms. The third-order valence-corrected chi connectivity index (χ3v) is 4.43. The average molecular weight is 272 g/mol. The van der Waals surface area contributed by atoms with E-state index in [2.05, 4.69) is 46.5 Å². The van der Waals surface area contributed by atoms with Gasteiger partial charge in [-0.2, -0.15) is 0 Å². The molecule has 0 aromatic carbocycles. The summed E-state index contributed by atoms with van der Waals surface area (Å²) in [5, 5.41) is 0. The molecule has 1 aliphatic heterocycles. The van der Waals surface area contributed by atoms with Crippen LogP contribution in [0.2, 0.25) is 0 Å². The minimum Gasteiger partial charge on any atom is -0.326 e. The van der Waals surface area contributed by atoms with Crippen LogP contribution in [0.4, 0.5) is 0 Å². The number of rotatable bonds is 4. The van der Waals surface area contributed by atoms with E-state index in [1.807, 2.05) is 6.20 Å².